The van der Waals surface area contributed by atoms with Crippen LogP contribution in [0.25, 0.3) is 0 Å². The van der Waals surface area contributed by atoms with Gasteiger partial charge in [0.15, 0.2) is 0 Å². The van der Waals surface area contributed by atoms with E-state index in [1.807, 2.05) is 0 Å². The van der Waals surface area contributed by atoms with E-state index < -0.39 is 0 Å². The second-order valence-electron chi connectivity index (χ2n) is 10.3. The molecule has 0 amide bonds. The topological polar surface area (TPSA) is 46.2 Å². The Hall–Kier alpha value is -0.0800. The minimum Gasteiger partial charge on any atom is -0.390 e. The summed E-state index contributed by atoms with van der Waals surface area (Å²) in [6, 6.07) is 0.363. The fourth-order valence-corrected chi connectivity index (χ4v) is 8.19. The van der Waals surface area contributed by atoms with Gasteiger partial charge in [0.25, 0.3) is 0 Å². The molecular formula is C22H39NO. The molecule has 4 fully saturated rings. The number of aliphatic hydroxyl groups is 1. The highest BCUT2D eigenvalue weighted by molar-refractivity contribution is 5.08. The van der Waals surface area contributed by atoms with Gasteiger partial charge < -0.3 is 10.8 Å². The van der Waals surface area contributed by atoms with Crippen molar-refractivity contribution in [1.82, 2.24) is 0 Å². The van der Waals surface area contributed by atoms with Gasteiger partial charge in [-0.1, -0.05) is 13.8 Å². The molecule has 0 aromatic heterocycles. The second-order valence-corrected chi connectivity index (χ2v) is 10.3. The number of hydrogen-bond donors (Lipinski definition) is 2. The normalized spacial score (nSPS) is 55.4. The third-order valence-corrected chi connectivity index (χ3v) is 9.47. The highest BCUT2D eigenvalue weighted by atomic mass is 16.3. The van der Waals surface area contributed by atoms with Crippen molar-refractivity contribution in [2.75, 3.05) is 0 Å². The van der Waals surface area contributed by atoms with Crippen LogP contribution in [-0.2, 0) is 0 Å². The minimum absolute atomic E-state index is 0.343. The zero-order chi connectivity index (χ0) is 17.1. The molecule has 0 aromatic carbocycles. The van der Waals surface area contributed by atoms with Crippen molar-refractivity contribution in [3.63, 3.8) is 0 Å². The average Bonchev–Trinajstić information content (AvgIpc) is 2.91. The summed E-state index contributed by atoms with van der Waals surface area (Å²) in [5.41, 5.74) is 6.55. The van der Waals surface area contributed by atoms with Gasteiger partial charge in [-0.05, 0) is 112 Å². The largest absolute Gasteiger partial charge is 0.390 e. The predicted octanol–water partition coefficient (Wildman–Crippen LogP) is 4.74. The first-order valence-electron chi connectivity index (χ1n) is 10.9. The van der Waals surface area contributed by atoms with Crippen LogP contribution in [0.3, 0.4) is 0 Å². The third kappa shape index (κ3) is 2.50. The van der Waals surface area contributed by atoms with Crippen LogP contribution in [0.5, 0.6) is 0 Å². The molecule has 3 unspecified atom stereocenters. The molecule has 0 aromatic rings. The lowest BCUT2D eigenvalue weighted by molar-refractivity contribution is -0.107. The van der Waals surface area contributed by atoms with Crippen LogP contribution in [0.1, 0.15) is 85.0 Å². The van der Waals surface area contributed by atoms with Gasteiger partial charge in [-0.15, -0.1) is 0 Å². The summed E-state index contributed by atoms with van der Waals surface area (Å²) in [7, 11) is 0. The Kier molecular flexibility index (Phi) is 4.32. The Bertz CT molecular complexity index is 477. The molecule has 0 aliphatic heterocycles. The Morgan fingerprint density at radius 1 is 1.00 bits per heavy atom. The first-order valence-corrected chi connectivity index (χ1v) is 10.9. The van der Waals surface area contributed by atoms with Crippen molar-refractivity contribution in [2.45, 2.75) is 96.6 Å². The quantitative estimate of drug-likeness (QED) is 0.766. The van der Waals surface area contributed by atoms with Crippen LogP contribution >= 0.6 is 0 Å². The number of rotatable bonds is 2. The van der Waals surface area contributed by atoms with E-state index in [0.29, 0.717) is 11.5 Å². The summed E-state index contributed by atoms with van der Waals surface area (Å²) < 4.78 is 0. The van der Waals surface area contributed by atoms with Gasteiger partial charge in [0.05, 0.1) is 5.60 Å². The van der Waals surface area contributed by atoms with Crippen molar-refractivity contribution in [1.29, 1.82) is 0 Å². The molecule has 4 aliphatic carbocycles. The van der Waals surface area contributed by atoms with Gasteiger partial charge in [-0.25, -0.2) is 0 Å². The molecule has 4 aliphatic rings. The van der Waals surface area contributed by atoms with Crippen LogP contribution in [0.4, 0.5) is 0 Å². The molecule has 9 atom stereocenters. The highest BCUT2D eigenvalue weighted by Gasteiger charge is 2.58. The lowest BCUT2D eigenvalue weighted by atomic mass is 9.48. The first kappa shape index (κ1) is 17.3. The molecule has 24 heavy (non-hydrogen) atoms. The van der Waals surface area contributed by atoms with Crippen LogP contribution in [0, 0.1) is 40.9 Å². The van der Waals surface area contributed by atoms with Gasteiger partial charge in [0, 0.05) is 6.04 Å². The third-order valence-electron chi connectivity index (χ3n) is 9.47. The Morgan fingerprint density at radius 2 is 1.75 bits per heavy atom. The van der Waals surface area contributed by atoms with Gasteiger partial charge in [0.1, 0.15) is 0 Å². The van der Waals surface area contributed by atoms with Gasteiger partial charge in [0.2, 0.25) is 0 Å². The monoisotopic (exact) mass is 333 g/mol. The Labute approximate surface area is 149 Å². The first-order chi connectivity index (χ1) is 11.4. The van der Waals surface area contributed by atoms with Gasteiger partial charge >= 0.3 is 0 Å². The standard InChI is InChI=1S/C22H39NO/c1-4-22(24)12-10-16-15(13-22)5-6-18-17(16)9-11-21(3)19(14(2)23)7-8-20(18)21/h14-20,24H,4-13,23H2,1-3H3/t14?,15-,16+,17-,18-,19?,20?,21-,22-/m1/s1. The van der Waals surface area contributed by atoms with E-state index in [4.69, 9.17) is 5.73 Å². The number of nitrogens with two attached hydrogens (primary N) is 1. The van der Waals surface area contributed by atoms with Gasteiger partial charge in [-0.3, -0.25) is 0 Å². The summed E-state index contributed by atoms with van der Waals surface area (Å²) in [4.78, 5) is 0. The van der Waals surface area contributed by atoms with E-state index in [2.05, 4.69) is 20.8 Å². The van der Waals surface area contributed by atoms with Crippen LogP contribution < -0.4 is 5.73 Å². The SMILES string of the molecule is CC[C@@]1(O)CC[C@H]2[C@H](CC[C@H]3C4CCC(C(C)N)[C@@]4(C)CC[C@H]23)C1. The maximum atomic E-state index is 10.8. The van der Waals surface area contributed by atoms with Crippen LogP contribution in [0.2, 0.25) is 0 Å². The van der Waals surface area contributed by atoms with E-state index in [1.165, 1.54) is 44.9 Å². The van der Waals surface area contributed by atoms with Crippen molar-refractivity contribution in [3.8, 4) is 0 Å². The van der Waals surface area contributed by atoms with E-state index >= 15 is 0 Å². The maximum absolute atomic E-state index is 10.8. The van der Waals surface area contributed by atoms with Gasteiger partial charge in [-0.2, -0.15) is 0 Å². The average molecular weight is 334 g/mol. The Balaban J connectivity index is 1.53. The van der Waals surface area contributed by atoms with E-state index in [1.54, 1.807) is 0 Å². The van der Waals surface area contributed by atoms with Crippen molar-refractivity contribution in [2.24, 2.45) is 46.7 Å². The van der Waals surface area contributed by atoms with E-state index in [0.717, 1.165) is 54.8 Å². The molecule has 2 nitrogen and oxygen atoms in total. The number of fused-ring (bicyclic) bond motifs is 5. The zero-order valence-corrected chi connectivity index (χ0v) is 16.1. The predicted molar refractivity (Wildman–Crippen MR) is 99.5 cm³/mol. The highest BCUT2D eigenvalue weighted by Crippen LogP contribution is 2.65. The number of hydrogen-bond acceptors (Lipinski definition) is 2. The fraction of sp³-hybridized carbons (Fsp3) is 1.00. The lowest BCUT2D eigenvalue weighted by Gasteiger charge is -2.57. The minimum atomic E-state index is -0.343. The summed E-state index contributed by atoms with van der Waals surface area (Å²) in [5.74, 6) is 5.31. The zero-order valence-electron chi connectivity index (χ0n) is 16.1. The summed E-state index contributed by atoms with van der Waals surface area (Å²) >= 11 is 0. The molecular weight excluding hydrogens is 294 g/mol. The summed E-state index contributed by atoms with van der Waals surface area (Å²) in [6.07, 6.45) is 12.8. The molecule has 138 valence electrons. The second kappa shape index (κ2) is 5.98. The van der Waals surface area contributed by atoms with E-state index in [-0.39, 0.29) is 5.60 Å². The van der Waals surface area contributed by atoms with Crippen molar-refractivity contribution in [3.05, 3.63) is 0 Å². The van der Waals surface area contributed by atoms with Crippen LogP contribution in [0.15, 0.2) is 0 Å². The van der Waals surface area contributed by atoms with E-state index in [9.17, 15) is 5.11 Å². The molecule has 4 rings (SSSR count). The molecule has 4 saturated carbocycles. The maximum Gasteiger partial charge on any atom is 0.0648 e. The Morgan fingerprint density at radius 3 is 2.46 bits per heavy atom. The molecule has 0 bridgehead atoms. The molecule has 3 N–H and O–H groups in total. The van der Waals surface area contributed by atoms with Crippen LogP contribution in [-0.4, -0.2) is 16.7 Å². The molecule has 0 radical (unpaired) electrons. The summed E-state index contributed by atoms with van der Waals surface area (Å²) in [5, 5.41) is 10.8. The molecule has 0 heterocycles. The molecule has 0 saturated heterocycles. The molecule has 0 spiro atoms. The van der Waals surface area contributed by atoms with Crippen molar-refractivity contribution < 1.29 is 5.11 Å². The molecule has 2 heteroatoms. The summed E-state index contributed by atoms with van der Waals surface area (Å²) in [6.45, 7) is 7.00. The van der Waals surface area contributed by atoms with Crippen molar-refractivity contribution >= 4 is 0 Å². The lowest BCUT2D eigenvalue weighted by Crippen LogP contribution is -2.52. The smallest absolute Gasteiger partial charge is 0.0648 e. The fourth-order valence-electron chi connectivity index (χ4n) is 8.19.